The van der Waals surface area contributed by atoms with Crippen LogP contribution < -0.4 is 16.1 Å². The molecule has 1 fully saturated rings. The number of hydrogen-bond acceptors (Lipinski definition) is 5. The molecule has 2 aromatic heterocycles. The maximum atomic E-state index is 13.7. The van der Waals surface area contributed by atoms with Crippen molar-refractivity contribution in [2.75, 3.05) is 31.1 Å². The fourth-order valence-corrected chi connectivity index (χ4v) is 6.77. The van der Waals surface area contributed by atoms with Crippen LogP contribution in [0.15, 0.2) is 70.3 Å². The topological polar surface area (TPSA) is 67.5 Å². The van der Waals surface area contributed by atoms with Gasteiger partial charge in [-0.1, -0.05) is 36.4 Å². The van der Waals surface area contributed by atoms with Crippen molar-refractivity contribution in [3.05, 3.63) is 91.9 Å². The Bertz CT molecular complexity index is 1530. The number of para-hydroxylation sites is 2. The van der Waals surface area contributed by atoms with E-state index in [-0.39, 0.29) is 18.0 Å². The zero-order valence-electron chi connectivity index (χ0n) is 20.1. The minimum Gasteiger partial charge on any atom is -0.368 e. The van der Waals surface area contributed by atoms with E-state index in [1.807, 2.05) is 41.3 Å². The summed E-state index contributed by atoms with van der Waals surface area (Å²) in [6.45, 7) is 2.64. The molecular formula is C28H28N4O3S. The van der Waals surface area contributed by atoms with Crippen LogP contribution >= 0.6 is 11.3 Å². The van der Waals surface area contributed by atoms with Crippen LogP contribution in [0, 0.1) is 0 Å². The second-order valence-corrected chi connectivity index (χ2v) is 10.5. The molecule has 36 heavy (non-hydrogen) atoms. The Kier molecular flexibility index (Phi) is 5.97. The molecule has 0 bridgehead atoms. The summed E-state index contributed by atoms with van der Waals surface area (Å²) >= 11 is 1.52. The van der Waals surface area contributed by atoms with Crippen molar-refractivity contribution in [1.29, 1.82) is 0 Å². The van der Waals surface area contributed by atoms with Gasteiger partial charge in [-0.05, 0) is 55.5 Å². The van der Waals surface area contributed by atoms with Crippen LogP contribution in [-0.4, -0.2) is 46.1 Å². The van der Waals surface area contributed by atoms with Crippen LogP contribution in [0.2, 0.25) is 0 Å². The van der Waals surface area contributed by atoms with Gasteiger partial charge in [-0.2, -0.15) is 0 Å². The van der Waals surface area contributed by atoms with Gasteiger partial charge in [0, 0.05) is 36.7 Å². The molecule has 184 valence electrons. The third kappa shape index (κ3) is 3.95. The van der Waals surface area contributed by atoms with Gasteiger partial charge in [0.05, 0.1) is 11.1 Å². The molecule has 0 radical (unpaired) electrons. The van der Waals surface area contributed by atoms with Gasteiger partial charge in [-0.15, -0.1) is 11.3 Å². The van der Waals surface area contributed by atoms with Crippen molar-refractivity contribution >= 4 is 33.1 Å². The molecule has 0 spiro atoms. The van der Waals surface area contributed by atoms with E-state index in [0.29, 0.717) is 29.0 Å². The molecular weight excluding hydrogens is 472 g/mol. The fraction of sp³-hybridized carbons (Fsp3) is 0.321. The molecule has 7 nitrogen and oxygen atoms in total. The lowest BCUT2D eigenvalue weighted by Gasteiger charge is -2.36. The highest BCUT2D eigenvalue weighted by Gasteiger charge is 2.27. The third-order valence-corrected chi connectivity index (χ3v) is 8.61. The van der Waals surface area contributed by atoms with Gasteiger partial charge in [0.2, 0.25) is 5.91 Å². The molecule has 0 unspecified atom stereocenters. The van der Waals surface area contributed by atoms with E-state index >= 15 is 0 Å². The van der Waals surface area contributed by atoms with Crippen molar-refractivity contribution < 1.29 is 4.79 Å². The first kappa shape index (κ1) is 22.8. The maximum absolute atomic E-state index is 13.7. The van der Waals surface area contributed by atoms with Crippen LogP contribution in [0.1, 0.15) is 23.3 Å². The number of nitrogens with zero attached hydrogens (tertiary/aromatic N) is 4. The Balaban J connectivity index is 1.36. The Morgan fingerprint density at radius 1 is 0.806 bits per heavy atom. The van der Waals surface area contributed by atoms with Gasteiger partial charge in [0.15, 0.2) is 0 Å². The number of aromatic nitrogens is 2. The molecule has 0 N–H and O–H groups in total. The van der Waals surface area contributed by atoms with E-state index < -0.39 is 5.69 Å². The van der Waals surface area contributed by atoms with Crippen LogP contribution in [0.5, 0.6) is 0 Å². The molecule has 0 saturated carbocycles. The molecule has 2 aliphatic rings. The van der Waals surface area contributed by atoms with E-state index in [0.717, 1.165) is 50.0 Å². The van der Waals surface area contributed by atoms with Crippen molar-refractivity contribution in [1.82, 2.24) is 14.0 Å². The normalized spacial score (nSPS) is 15.8. The summed E-state index contributed by atoms with van der Waals surface area (Å²) in [5.41, 5.74) is 2.02. The van der Waals surface area contributed by atoms with Gasteiger partial charge in [0.1, 0.15) is 11.4 Å². The summed E-state index contributed by atoms with van der Waals surface area (Å²) in [6, 6.07) is 19.2. The molecule has 1 aliphatic carbocycles. The lowest BCUT2D eigenvalue weighted by atomic mass is 9.97. The van der Waals surface area contributed by atoms with Gasteiger partial charge in [0.25, 0.3) is 5.56 Å². The summed E-state index contributed by atoms with van der Waals surface area (Å²) in [6.07, 6.45) is 3.88. The monoisotopic (exact) mass is 500 g/mol. The van der Waals surface area contributed by atoms with E-state index in [1.54, 1.807) is 16.7 Å². The molecule has 8 heteroatoms. The number of hydrogen-bond donors (Lipinski definition) is 0. The summed E-state index contributed by atoms with van der Waals surface area (Å²) in [4.78, 5) is 46.7. The fourth-order valence-electron chi connectivity index (χ4n) is 5.40. The first-order valence-electron chi connectivity index (χ1n) is 12.5. The van der Waals surface area contributed by atoms with Crippen molar-refractivity contribution in [2.24, 2.45) is 0 Å². The minimum atomic E-state index is -0.450. The Labute approximate surface area is 212 Å². The number of thiophene rings is 1. The number of aryl methyl sites for hydroxylation is 2. The predicted molar refractivity (Wildman–Crippen MR) is 144 cm³/mol. The quantitative estimate of drug-likeness (QED) is 0.431. The van der Waals surface area contributed by atoms with E-state index in [4.69, 9.17) is 0 Å². The summed E-state index contributed by atoms with van der Waals surface area (Å²) in [5, 5.41) is 0.611. The highest BCUT2D eigenvalue weighted by molar-refractivity contribution is 7.18. The molecule has 1 saturated heterocycles. The van der Waals surface area contributed by atoms with Gasteiger partial charge in [-0.3, -0.25) is 14.2 Å². The minimum absolute atomic E-state index is 0.0623. The molecule has 6 rings (SSSR count). The predicted octanol–water partition coefficient (Wildman–Crippen LogP) is 3.44. The van der Waals surface area contributed by atoms with Crippen LogP contribution in [0.4, 0.5) is 5.69 Å². The van der Waals surface area contributed by atoms with E-state index in [9.17, 15) is 14.4 Å². The van der Waals surface area contributed by atoms with Crippen molar-refractivity contribution in [2.45, 2.75) is 32.2 Å². The highest BCUT2D eigenvalue weighted by atomic mass is 32.1. The molecule has 4 aromatic rings. The van der Waals surface area contributed by atoms with Gasteiger partial charge < -0.3 is 9.80 Å². The molecule has 0 atom stereocenters. The maximum Gasteiger partial charge on any atom is 0.337 e. The van der Waals surface area contributed by atoms with Gasteiger partial charge >= 0.3 is 5.69 Å². The Morgan fingerprint density at radius 2 is 1.44 bits per heavy atom. The summed E-state index contributed by atoms with van der Waals surface area (Å²) < 4.78 is 2.78. The standard InChI is InChI=1S/C28H28N4O3S/c33-24(30-17-15-29(16-18-30)20-9-3-1-4-10-20)19-31-27-25(22-13-7-8-14-23(22)36-27)26(34)32(28(31)35)21-11-5-2-6-12-21/h1-6,9-12H,7-8,13-19H2. The molecule has 1 amide bonds. The van der Waals surface area contributed by atoms with Crippen LogP contribution in [0.3, 0.4) is 0 Å². The summed E-state index contributed by atoms with van der Waals surface area (Å²) in [5.74, 6) is -0.0873. The lowest BCUT2D eigenvalue weighted by Crippen LogP contribution is -2.50. The molecule has 2 aromatic carbocycles. The highest BCUT2D eigenvalue weighted by Crippen LogP contribution is 2.34. The van der Waals surface area contributed by atoms with E-state index in [2.05, 4.69) is 17.0 Å². The lowest BCUT2D eigenvalue weighted by molar-refractivity contribution is -0.132. The zero-order valence-corrected chi connectivity index (χ0v) is 20.9. The summed E-state index contributed by atoms with van der Waals surface area (Å²) in [7, 11) is 0. The smallest absolute Gasteiger partial charge is 0.337 e. The number of rotatable bonds is 4. The molecule has 1 aliphatic heterocycles. The van der Waals surface area contributed by atoms with Crippen molar-refractivity contribution in [3.63, 3.8) is 0 Å². The number of anilines is 1. The second kappa shape index (κ2) is 9.43. The Morgan fingerprint density at radius 3 is 2.14 bits per heavy atom. The third-order valence-electron chi connectivity index (χ3n) is 7.30. The number of carbonyl (C=O) groups is 1. The molecule has 3 heterocycles. The number of benzene rings is 2. The number of carbonyl (C=O) groups excluding carboxylic acids is 1. The Hall–Kier alpha value is -3.65. The zero-order chi connectivity index (χ0) is 24.6. The van der Waals surface area contributed by atoms with Crippen molar-refractivity contribution in [3.8, 4) is 5.69 Å². The number of piperazine rings is 1. The van der Waals surface area contributed by atoms with E-state index in [1.165, 1.54) is 20.8 Å². The largest absolute Gasteiger partial charge is 0.368 e. The average Bonchev–Trinajstić information content (AvgIpc) is 3.32. The SMILES string of the molecule is O=C(Cn1c(=O)n(-c2ccccc2)c(=O)c2c3c(sc21)CCCC3)N1CCN(c2ccccc2)CC1. The number of amides is 1. The van der Waals surface area contributed by atoms with Gasteiger partial charge in [-0.25, -0.2) is 9.36 Å². The first-order chi connectivity index (χ1) is 17.6. The van der Waals surface area contributed by atoms with Crippen LogP contribution in [0.25, 0.3) is 15.9 Å². The first-order valence-corrected chi connectivity index (χ1v) is 13.4. The second-order valence-electron chi connectivity index (χ2n) is 9.44. The van der Waals surface area contributed by atoms with Crippen LogP contribution in [-0.2, 0) is 24.2 Å². The average molecular weight is 501 g/mol. The number of fused-ring (bicyclic) bond motifs is 3.